The van der Waals surface area contributed by atoms with Crippen LogP contribution in [0.5, 0.6) is 0 Å². The number of halogens is 3. The van der Waals surface area contributed by atoms with Gasteiger partial charge in [0.05, 0.1) is 5.75 Å². The number of hydrogen-bond acceptors (Lipinski definition) is 2. The van der Waals surface area contributed by atoms with Crippen molar-refractivity contribution in [2.75, 3.05) is 5.75 Å². The molecule has 1 fully saturated rings. The highest BCUT2D eigenvalue weighted by Gasteiger charge is 2.38. The normalized spacial score (nSPS) is 16.0. The lowest BCUT2D eigenvalue weighted by atomic mass is 10.0. The van der Waals surface area contributed by atoms with Gasteiger partial charge in [0.25, 0.3) is 0 Å². The van der Waals surface area contributed by atoms with E-state index in [1.807, 2.05) is 0 Å². The molecule has 1 aliphatic rings. The minimum Gasteiger partial charge on any atom is -0.212 e. The highest BCUT2D eigenvalue weighted by atomic mass is 32.2. The third-order valence-electron chi connectivity index (χ3n) is 4.55. The number of hydrogen-bond donors (Lipinski definition) is 0. The Labute approximate surface area is 151 Å². The van der Waals surface area contributed by atoms with Gasteiger partial charge in [0.1, 0.15) is 17.5 Å². The average molecular weight is 383 g/mol. The molecule has 0 bridgehead atoms. The summed E-state index contributed by atoms with van der Waals surface area (Å²) >= 11 is 0. The summed E-state index contributed by atoms with van der Waals surface area (Å²) in [5, 5.41) is 0. The smallest absolute Gasteiger partial charge is 0.212 e. The lowest BCUT2D eigenvalue weighted by molar-refractivity contribution is 0.389. The molecule has 2 aromatic carbocycles. The zero-order valence-corrected chi connectivity index (χ0v) is 15.1. The Balaban J connectivity index is 1.78. The Bertz CT molecular complexity index is 880. The minimum absolute atomic E-state index is 0.116. The molecule has 26 heavy (non-hydrogen) atoms. The average Bonchev–Trinajstić information content (AvgIpc) is 3.38. The third-order valence-corrected chi connectivity index (χ3v) is 6.62. The quantitative estimate of drug-likeness (QED) is 0.719. The van der Waals surface area contributed by atoms with Crippen LogP contribution in [0.3, 0.4) is 0 Å². The Morgan fingerprint density at radius 2 is 1.65 bits per heavy atom. The molecule has 7 heteroatoms. The highest BCUT2D eigenvalue weighted by molar-refractivity contribution is 7.89. The van der Waals surface area contributed by atoms with Gasteiger partial charge in [0.2, 0.25) is 10.0 Å². The molecule has 1 unspecified atom stereocenters. The molecule has 0 aliphatic heterocycles. The summed E-state index contributed by atoms with van der Waals surface area (Å²) in [4.78, 5) is 0. The molecule has 0 amide bonds. The molecule has 3 rings (SSSR count). The lowest BCUT2D eigenvalue weighted by Crippen LogP contribution is -2.36. The van der Waals surface area contributed by atoms with Crippen molar-refractivity contribution < 1.29 is 21.6 Å². The second-order valence-corrected chi connectivity index (χ2v) is 8.71. The Hall–Kier alpha value is -1.86. The monoisotopic (exact) mass is 383 g/mol. The Morgan fingerprint density at radius 3 is 2.23 bits per heavy atom. The summed E-state index contributed by atoms with van der Waals surface area (Å²) in [5.74, 6) is -2.32. The molecule has 1 saturated carbocycles. The summed E-state index contributed by atoms with van der Waals surface area (Å²) in [6.45, 7) is 1.64. The molecule has 3 nitrogen and oxygen atoms in total. The summed E-state index contributed by atoms with van der Waals surface area (Å²) in [7, 11) is -3.66. The van der Waals surface area contributed by atoms with E-state index < -0.39 is 21.7 Å². The molecular weight excluding hydrogens is 363 g/mol. The van der Waals surface area contributed by atoms with Crippen LogP contribution in [-0.2, 0) is 16.6 Å². The fourth-order valence-corrected chi connectivity index (χ4v) is 4.95. The Morgan fingerprint density at radius 1 is 1.04 bits per heavy atom. The van der Waals surface area contributed by atoms with Gasteiger partial charge in [-0.3, -0.25) is 0 Å². The van der Waals surface area contributed by atoms with Crippen LogP contribution >= 0.6 is 0 Å². The number of sulfonamides is 1. The van der Waals surface area contributed by atoms with Gasteiger partial charge in [-0.1, -0.05) is 25.1 Å². The van der Waals surface area contributed by atoms with Crippen molar-refractivity contribution >= 4 is 10.0 Å². The van der Waals surface area contributed by atoms with Crippen molar-refractivity contribution in [1.29, 1.82) is 0 Å². The molecule has 0 N–H and O–H groups in total. The highest BCUT2D eigenvalue weighted by Crippen LogP contribution is 2.33. The molecule has 140 valence electrons. The van der Waals surface area contributed by atoms with E-state index in [0.29, 0.717) is 0 Å². The van der Waals surface area contributed by atoms with Crippen LogP contribution in [0.2, 0.25) is 0 Å². The molecule has 0 radical (unpaired) electrons. The first-order chi connectivity index (χ1) is 12.3. The second-order valence-electron chi connectivity index (χ2n) is 6.74. The predicted octanol–water partition coefficient (Wildman–Crippen LogP) is 4.20. The largest absolute Gasteiger partial charge is 0.215 e. The van der Waals surface area contributed by atoms with E-state index >= 15 is 0 Å². The molecular formula is C19H20F3NO2S. The van der Waals surface area contributed by atoms with Crippen molar-refractivity contribution in [3.05, 3.63) is 71.0 Å². The molecule has 0 spiro atoms. The SMILES string of the molecule is CC(CS(=O)(=O)N(Cc1ccc(F)cc1F)C1CC1)c1ccc(F)cc1. The maximum Gasteiger partial charge on any atom is 0.215 e. The zero-order valence-electron chi connectivity index (χ0n) is 14.3. The standard InChI is InChI=1S/C19H20F3NO2S/c1-13(14-2-5-16(20)6-3-14)12-26(24,25)23(18-8-9-18)11-15-4-7-17(21)10-19(15)22/h2-7,10,13,18H,8-9,11-12H2,1H3. The van der Waals surface area contributed by atoms with Gasteiger partial charge in [-0.15, -0.1) is 0 Å². The topological polar surface area (TPSA) is 37.4 Å². The van der Waals surface area contributed by atoms with Crippen LogP contribution in [0.4, 0.5) is 13.2 Å². The van der Waals surface area contributed by atoms with E-state index in [-0.39, 0.29) is 35.6 Å². The van der Waals surface area contributed by atoms with Crippen LogP contribution < -0.4 is 0 Å². The van der Waals surface area contributed by atoms with Crippen LogP contribution in [-0.4, -0.2) is 24.5 Å². The maximum atomic E-state index is 14.0. The molecule has 0 saturated heterocycles. The molecule has 1 atom stereocenters. The van der Waals surface area contributed by atoms with Gasteiger partial charge in [0.15, 0.2) is 0 Å². The lowest BCUT2D eigenvalue weighted by Gasteiger charge is -2.24. The van der Waals surface area contributed by atoms with Crippen molar-refractivity contribution in [3.63, 3.8) is 0 Å². The van der Waals surface area contributed by atoms with E-state index in [0.717, 1.165) is 30.5 Å². The summed E-state index contributed by atoms with van der Waals surface area (Å²) in [5.41, 5.74) is 0.870. The van der Waals surface area contributed by atoms with Crippen LogP contribution in [0.15, 0.2) is 42.5 Å². The zero-order chi connectivity index (χ0) is 18.9. The summed E-state index contributed by atoms with van der Waals surface area (Å²) < 4.78 is 67.2. The molecule has 0 aromatic heterocycles. The van der Waals surface area contributed by atoms with E-state index in [9.17, 15) is 21.6 Å². The maximum absolute atomic E-state index is 14.0. The van der Waals surface area contributed by atoms with Gasteiger partial charge in [-0.2, -0.15) is 4.31 Å². The van der Waals surface area contributed by atoms with Crippen molar-refractivity contribution in [2.45, 2.75) is 38.3 Å². The van der Waals surface area contributed by atoms with Gasteiger partial charge >= 0.3 is 0 Å². The number of rotatable bonds is 7. The van der Waals surface area contributed by atoms with E-state index in [2.05, 4.69) is 0 Å². The van der Waals surface area contributed by atoms with Crippen molar-refractivity contribution in [1.82, 2.24) is 4.31 Å². The third kappa shape index (κ3) is 4.45. The van der Waals surface area contributed by atoms with E-state index in [1.165, 1.54) is 22.5 Å². The van der Waals surface area contributed by atoms with Gasteiger partial charge in [-0.05, 0) is 42.5 Å². The van der Waals surface area contributed by atoms with E-state index in [1.54, 1.807) is 19.1 Å². The first-order valence-corrected chi connectivity index (χ1v) is 10.1. The fourth-order valence-electron chi connectivity index (χ4n) is 2.93. The summed E-state index contributed by atoms with van der Waals surface area (Å²) in [6, 6.07) is 8.73. The molecule has 2 aromatic rings. The second kappa shape index (κ2) is 7.40. The first-order valence-electron chi connectivity index (χ1n) is 8.45. The summed E-state index contributed by atoms with van der Waals surface area (Å²) in [6.07, 6.45) is 1.46. The predicted molar refractivity (Wildman–Crippen MR) is 93.5 cm³/mol. The number of nitrogens with zero attached hydrogens (tertiary/aromatic N) is 1. The van der Waals surface area contributed by atoms with Crippen LogP contribution in [0, 0.1) is 17.5 Å². The van der Waals surface area contributed by atoms with Crippen LogP contribution in [0.1, 0.15) is 36.8 Å². The minimum atomic E-state index is -3.66. The van der Waals surface area contributed by atoms with Crippen molar-refractivity contribution in [3.8, 4) is 0 Å². The van der Waals surface area contributed by atoms with Gasteiger partial charge in [-0.25, -0.2) is 21.6 Å². The first kappa shape index (κ1) is 18.9. The Kier molecular flexibility index (Phi) is 5.39. The van der Waals surface area contributed by atoms with Crippen LogP contribution in [0.25, 0.3) is 0 Å². The number of benzene rings is 2. The molecule has 0 heterocycles. The van der Waals surface area contributed by atoms with Gasteiger partial charge < -0.3 is 0 Å². The van der Waals surface area contributed by atoms with Crippen molar-refractivity contribution in [2.24, 2.45) is 0 Å². The van der Waals surface area contributed by atoms with E-state index in [4.69, 9.17) is 0 Å². The fraction of sp³-hybridized carbons (Fsp3) is 0.368. The molecule has 1 aliphatic carbocycles. The van der Waals surface area contributed by atoms with Gasteiger partial charge in [0, 0.05) is 24.2 Å².